The number of oxazole rings is 1. The second-order valence-electron chi connectivity index (χ2n) is 6.35. The van der Waals surface area contributed by atoms with Gasteiger partial charge in [-0.2, -0.15) is 13.2 Å². The highest BCUT2D eigenvalue weighted by atomic mass is 32.2. The lowest BCUT2D eigenvalue weighted by atomic mass is 10.2. The minimum Gasteiger partial charge on any atom is -0.493 e. The number of aliphatic carboxylic acids is 1. The second kappa shape index (κ2) is 9.57. The van der Waals surface area contributed by atoms with Crippen LogP contribution < -0.4 is 4.74 Å². The van der Waals surface area contributed by atoms with E-state index in [4.69, 9.17) is 14.3 Å². The Morgan fingerprint density at radius 2 is 2.13 bits per heavy atom. The summed E-state index contributed by atoms with van der Waals surface area (Å²) in [4.78, 5) is 15.2. The van der Waals surface area contributed by atoms with Crippen LogP contribution in [0.3, 0.4) is 0 Å². The van der Waals surface area contributed by atoms with Gasteiger partial charge in [0.05, 0.1) is 28.5 Å². The summed E-state index contributed by atoms with van der Waals surface area (Å²) < 4.78 is 49.6. The highest BCUT2D eigenvalue weighted by Crippen LogP contribution is 2.36. The maximum atomic E-state index is 12.8. The van der Waals surface area contributed by atoms with Crippen molar-refractivity contribution in [1.29, 1.82) is 0 Å². The third-order valence-corrected chi connectivity index (χ3v) is 5.94. The van der Waals surface area contributed by atoms with Crippen molar-refractivity contribution in [2.45, 2.75) is 25.3 Å². The molecule has 0 spiro atoms. The second-order valence-corrected chi connectivity index (χ2v) is 8.25. The number of hydrogen-bond acceptors (Lipinski definition) is 6. The first-order chi connectivity index (χ1) is 14.2. The average Bonchev–Trinajstić information content (AvgIpc) is 3.29. The summed E-state index contributed by atoms with van der Waals surface area (Å²) in [6.45, 7) is 2.03. The normalized spacial score (nSPS) is 11.6. The van der Waals surface area contributed by atoms with Crippen molar-refractivity contribution in [3.63, 3.8) is 0 Å². The van der Waals surface area contributed by atoms with E-state index in [0.717, 1.165) is 28.3 Å². The van der Waals surface area contributed by atoms with Gasteiger partial charge in [-0.15, -0.1) is 23.1 Å². The van der Waals surface area contributed by atoms with Gasteiger partial charge in [0, 0.05) is 17.6 Å². The molecule has 0 aliphatic carbocycles. The summed E-state index contributed by atoms with van der Waals surface area (Å²) >= 11 is 2.24. The maximum absolute atomic E-state index is 12.8. The van der Waals surface area contributed by atoms with Gasteiger partial charge in [0.15, 0.2) is 0 Å². The number of thioether (sulfide) groups is 1. The molecule has 0 unspecified atom stereocenters. The van der Waals surface area contributed by atoms with Crippen molar-refractivity contribution in [3.05, 3.63) is 58.3 Å². The molecule has 3 rings (SSSR count). The fraction of sp³-hybridized carbons (Fsp3) is 0.300. The van der Waals surface area contributed by atoms with Gasteiger partial charge in [-0.1, -0.05) is 12.1 Å². The van der Waals surface area contributed by atoms with Gasteiger partial charge in [0.2, 0.25) is 5.89 Å². The molecule has 2 heterocycles. The Kier molecular flexibility index (Phi) is 7.09. The highest BCUT2D eigenvalue weighted by molar-refractivity contribution is 7.99. The molecule has 0 bridgehead atoms. The predicted molar refractivity (Wildman–Crippen MR) is 109 cm³/mol. The summed E-state index contributed by atoms with van der Waals surface area (Å²) in [5.74, 6) is 1.10. The molecule has 0 radical (unpaired) electrons. The van der Waals surface area contributed by atoms with E-state index in [1.165, 1.54) is 11.8 Å². The molecule has 1 aromatic carbocycles. The number of aryl methyl sites for hydroxylation is 1. The van der Waals surface area contributed by atoms with Crippen molar-refractivity contribution < 1.29 is 32.2 Å². The van der Waals surface area contributed by atoms with E-state index >= 15 is 0 Å². The lowest BCUT2D eigenvalue weighted by molar-refractivity contribution is -0.137. The number of hydrogen-bond donors (Lipinski definition) is 1. The van der Waals surface area contributed by atoms with Crippen LogP contribution in [0.25, 0.3) is 10.8 Å². The minimum absolute atomic E-state index is 0.0353. The number of aromatic nitrogens is 1. The van der Waals surface area contributed by atoms with E-state index in [1.807, 2.05) is 18.2 Å². The fourth-order valence-electron chi connectivity index (χ4n) is 2.61. The number of ether oxygens (including phenoxy) is 1. The number of alkyl halides is 3. The molecule has 5 nitrogen and oxygen atoms in total. The number of carboxylic acid groups (broad SMARTS) is 1. The molecule has 0 atom stereocenters. The molecule has 3 aromatic rings. The molecule has 0 aliphatic heterocycles. The van der Waals surface area contributed by atoms with Crippen LogP contribution >= 0.6 is 23.1 Å². The Morgan fingerprint density at radius 3 is 2.83 bits per heavy atom. The molecule has 2 aromatic heterocycles. The smallest absolute Gasteiger partial charge is 0.417 e. The molecular weight excluding hydrogens is 439 g/mol. The SMILES string of the molecule is Cc1oc(-c2cc(C(F)(F)F)cs2)nc1CCOc1cccc(CSCC(=O)O)c1. The quantitative estimate of drug-likeness (QED) is 0.446. The van der Waals surface area contributed by atoms with Gasteiger partial charge >= 0.3 is 12.1 Å². The zero-order valence-corrected chi connectivity index (χ0v) is 17.5. The van der Waals surface area contributed by atoms with Gasteiger partial charge < -0.3 is 14.3 Å². The summed E-state index contributed by atoms with van der Waals surface area (Å²) in [7, 11) is 0. The van der Waals surface area contributed by atoms with E-state index in [-0.39, 0.29) is 11.6 Å². The molecule has 1 N–H and O–H groups in total. The van der Waals surface area contributed by atoms with E-state index in [2.05, 4.69) is 4.98 Å². The highest BCUT2D eigenvalue weighted by Gasteiger charge is 2.32. The van der Waals surface area contributed by atoms with Crippen molar-refractivity contribution in [2.24, 2.45) is 0 Å². The van der Waals surface area contributed by atoms with Crippen LogP contribution in [0, 0.1) is 6.92 Å². The lowest BCUT2D eigenvalue weighted by Gasteiger charge is -2.07. The fourth-order valence-corrected chi connectivity index (χ4v) is 4.14. The van der Waals surface area contributed by atoms with Gasteiger partial charge in [0.25, 0.3) is 0 Å². The zero-order valence-electron chi connectivity index (χ0n) is 15.9. The Balaban J connectivity index is 1.57. The third kappa shape index (κ3) is 6.02. The molecule has 0 fully saturated rings. The van der Waals surface area contributed by atoms with Crippen molar-refractivity contribution in [1.82, 2.24) is 4.98 Å². The molecule has 0 saturated carbocycles. The van der Waals surface area contributed by atoms with Crippen molar-refractivity contribution >= 4 is 29.1 Å². The van der Waals surface area contributed by atoms with E-state index < -0.39 is 17.7 Å². The number of halogens is 3. The first-order valence-corrected chi connectivity index (χ1v) is 10.9. The largest absolute Gasteiger partial charge is 0.493 e. The Morgan fingerprint density at radius 1 is 1.33 bits per heavy atom. The number of rotatable bonds is 9. The monoisotopic (exact) mass is 457 g/mol. The first-order valence-electron chi connectivity index (χ1n) is 8.86. The number of nitrogens with zero attached hydrogens (tertiary/aromatic N) is 1. The van der Waals surface area contributed by atoms with Crippen LogP contribution in [0.5, 0.6) is 5.75 Å². The standard InChI is InChI=1S/C20H18F3NO4S2/c1-12-16(24-19(28-12)17-8-14(10-30-17)20(21,22)23)5-6-27-15-4-2-3-13(7-15)9-29-11-18(25)26/h2-4,7-8,10H,5-6,9,11H2,1H3,(H,25,26). The number of thiophene rings is 1. The van der Waals surface area contributed by atoms with Gasteiger partial charge in [0.1, 0.15) is 11.5 Å². The van der Waals surface area contributed by atoms with Gasteiger partial charge in [-0.05, 0) is 30.7 Å². The molecule has 0 saturated heterocycles. The zero-order chi connectivity index (χ0) is 21.7. The first kappa shape index (κ1) is 22.2. The molecule has 0 aliphatic rings. The van der Waals surface area contributed by atoms with E-state index in [0.29, 0.717) is 40.9 Å². The van der Waals surface area contributed by atoms with E-state index in [9.17, 15) is 18.0 Å². The topological polar surface area (TPSA) is 72.6 Å². The van der Waals surface area contributed by atoms with E-state index in [1.54, 1.807) is 13.0 Å². The Labute approximate surface area is 178 Å². The molecular formula is C20H18F3NO4S2. The Bertz CT molecular complexity index is 1010. The molecule has 0 amide bonds. The van der Waals surface area contributed by atoms with Gasteiger partial charge in [-0.25, -0.2) is 4.98 Å². The number of benzene rings is 1. The number of carbonyl (C=O) groups is 1. The van der Waals surface area contributed by atoms with Gasteiger partial charge in [-0.3, -0.25) is 4.79 Å². The Hall–Kier alpha value is -2.46. The summed E-state index contributed by atoms with van der Waals surface area (Å²) in [6.07, 6.45) is -3.96. The third-order valence-electron chi connectivity index (χ3n) is 4.03. The summed E-state index contributed by atoms with van der Waals surface area (Å²) in [5.41, 5.74) is 0.863. The van der Waals surface area contributed by atoms with Crippen LogP contribution in [-0.4, -0.2) is 28.4 Å². The van der Waals surface area contributed by atoms with Crippen LogP contribution in [0.1, 0.15) is 22.6 Å². The maximum Gasteiger partial charge on any atom is 0.417 e. The van der Waals surface area contributed by atoms with Crippen LogP contribution in [0.2, 0.25) is 0 Å². The lowest BCUT2D eigenvalue weighted by Crippen LogP contribution is -2.03. The van der Waals surface area contributed by atoms with Crippen molar-refractivity contribution in [3.8, 4) is 16.5 Å². The predicted octanol–water partition coefficient (Wildman–Crippen LogP) is 5.67. The molecule has 10 heteroatoms. The van der Waals surface area contributed by atoms with Crippen molar-refractivity contribution in [2.75, 3.05) is 12.4 Å². The average molecular weight is 457 g/mol. The van der Waals surface area contributed by atoms with Crippen LogP contribution in [0.15, 0.2) is 40.1 Å². The number of carboxylic acids is 1. The summed E-state index contributed by atoms with van der Waals surface area (Å²) in [5, 5.41) is 9.74. The molecule has 30 heavy (non-hydrogen) atoms. The summed E-state index contributed by atoms with van der Waals surface area (Å²) in [6, 6.07) is 8.41. The van der Waals surface area contributed by atoms with Crippen LogP contribution in [-0.2, 0) is 23.1 Å². The minimum atomic E-state index is -4.40. The van der Waals surface area contributed by atoms with Crippen LogP contribution in [0.4, 0.5) is 13.2 Å². The molecule has 160 valence electrons.